The normalized spacial score (nSPS) is 11.8. The van der Waals surface area contributed by atoms with E-state index in [0.29, 0.717) is 36.4 Å². The van der Waals surface area contributed by atoms with Crippen LogP contribution >= 0.6 is 0 Å². The molecular formula is C27H27FeN4O18S3. The number of aromatic hydroxyl groups is 6. The van der Waals surface area contributed by atoms with Crippen molar-refractivity contribution in [2.75, 3.05) is 39.3 Å². The number of phenols is 6. The van der Waals surface area contributed by atoms with Crippen LogP contribution < -0.4 is 16.0 Å². The maximum absolute atomic E-state index is 12.7. The quantitative estimate of drug-likeness (QED) is 0.0434. The number of nitrogens with zero attached hydrogens (tertiary/aromatic N) is 1. The van der Waals surface area contributed by atoms with Crippen molar-refractivity contribution >= 4 is 48.1 Å². The number of carbonyl (C=O) groups excluding carboxylic acids is 3. The van der Waals surface area contributed by atoms with Gasteiger partial charge < -0.3 is 60.2 Å². The van der Waals surface area contributed by atoms with E-state index in [1.165, 1.54) is 4.90 Å². The summed E-state index contributed by atoms with van der Waals surface area (Å²) in [5.41, 5.74) is -2.39. The van der Waals surface area contributed by atoms with Crippen molar-refractivity contribution in [3.63, 3.8) is 0 Å². The summed E-state index contributed by atoms with van der Waals surface area (Å²) in [6.07, 6.45) is 0. The molecule has 0 aliphatic carbocycles. The first kappa shape index (κ1) is 44.2. The third kappa shape index (κ3) is 11.5. The largest absolute Gasteiger partial charge is 3.00 e. The molecule has 0 spiro atoms. The maximum Gasteiger partial charge on any atom is 3.00 e. The molecule has 3 amide bonds. The molecule has 0 saturated carbocycles. The first-order valence-electron chi connectivity index (χ1n) is 14.0. The van der Waals surface area contributed by atoms with Crippen molar-refractivity contribution in [3.05, 3.63) is 53.1 Å². The van der Waals surface area contributed by atoms with Crippen LogP contribution in [0.5, 0.6) is 34.5 Å². The van der Waals surface area contributed by atoms with Gasteiger partial charge >= 0.3 is 17.1 Å². The first-order valence-corrected chi connectivity index (χ1v) is 18.3. The van der Waals surface area contributed by atoms with E-state index in [2.05, 4.69) is 16.0 Å². The van der Waals surface area contributed by atoms with Crippen molar-refractivity contribution in [3.8, 4) is 34.5 Å². The van der Waals surface area contributed by atoms with Crippen molar-refractivity contribution < 1.29 is 101 Å². The Morgan fingerprint density at radius 3 is 0.925 bits per heavy atom. The molecule has 26 heteroatoms. The standard InChI is InChI=1S/C27H30N4O18S3.Fe/c32-19-10-13(50(41,42)43)7-16(22(19)35)25(38)28-1-4-31(5-2-29-26(39)17-8-14(51(44,45)46)11-20(33)23(17)36)6-3-30-27(40)18-9-15(52(47,48)49)12-21(34)24(18)37;/h7-12,32-37H,1-6H2,(H,28,38)(H,29,39)(H,30,40)(H,41,42,43)(H,44,45,46)(H,47,48,49);/q;+3/p-3. The van der Waals surface area contributed by atoms with Crippen LogP contribution in [0.1, 0.15) is 31.1 Å². The van der Waals surface area contributed by atoms with Crippen LogP contribution in [0.3, 0.4) is 0 Å². The zero-order valence-corrected chi connectivity index (χ0v) is 29.9. The smallest absolute Gasteiger partial charge is 0.744 e. The van der Waals surface area contributed by atoms with Crippen molar-refractivity contribution in [1.29, 1.82) is 0 Å². The van der Waals surface area contributed by atoms with Crippen LogP contribution in [0, 0.1) is 0 Å². The number of carbonyl (C=O) groups is 3. The van der Waals surface area contributed by atoms with Gasteiger partial charge in [0.2, 0.25) is 0 Å². The number of phenolic OH excluding ortho intramolecular Hbond substituents is 6. The predicted octanol–water partition coefficient (Wildman–Crippen LogP) is -2.48. The van der Waals surface area contributed by atoms with E-state index >= 15 is 0 Å². The molecule has 3 aromatic carbocycles. The molecule has 9 N–H and O–H groups in total. The van der Waals surface area contributed by atoms with Gasteiger partial charge in [-0.2, -0.15) is 0 Å². The first-order chi connectivity index (χ1) is 23.9. The van der Waals surface area contributed by atoms with Crippen LogP contribution in [-0.2, 0) is 47.4 Å². The van der Waals surface area contributed by atoms with Crippen LogP contribution in [-0.4, -0.2) is 131 Å². The van der Waals surface area contributed by atoms with E-state index in [9.17, 15) is 83.9 Å². The van der Waals surface area contributed by atoms with Crippen molar-refractivity contribution in [2.45, 2.75) is 14.7 Å². The molecule has 1 radical (unpaired) electrons. The molecule has 0 aliphatic rings. The van der Waals surface area contributed by atoms with E-state index in [4.69, 9.17) is 0 Å². The number of hydrogen-bond donors (Lipinski definition) is 9. The Bertz CT molecular complexity index is 2000. The monoisotopic (exact) mass is 847 g/mol. The molecule has 53 heavy (non-hydrogen) atoms. The van der Waals surface area contributed by atoms with Crippen molar-refractivity contribution in [2.24, 2.45) is 0 Å². The van der Waals surface area contributed by atoms with E-state index < -0.39 is 114 Å². The van der Waals surface area contributed by atoms with Gasteiger partial charge in [-0.15, -0.1) is 0 Å². The van der Waals surface area contributed by atoms with Crippen LogP contribution in [0.25, 0.3) is 0 Å². The van der Waals surface area contributed by atoms with Gasteiger partial charge in [0.05, 0.1) is 31.4 Å². The SMILES string of the molecule is O=C(NCCN(CCNC(=O)c1cc(S(=O)(=O)[O-])cc(O)c1O)CCNC(=O)c1cc(S(=O)(=O)[O-])cc(O)c1O)c1cc(S(=O)(=O)[O-])cc(O)c1O.[Fe+3]. The van der Waals surface area contributed by atoms with Gasteiger partial charge in [-0.3, -0.25) is 19.3 Å². The van der Waals surface area contributed by atoms with E-state index in [1.54, 1.807) is 0 Å². The minimum Gasteiger partial charge on any atom is -0.744 e. The minimum atomic E-state index is -5.16. The van der Waals surface area contributed by atoms with Gasteiger partial charge in [0, 0.05) is 57.5 Å². The molecule has 0 aromatic heterocycles. The number of hydrogen-bond acceptors (Lipinski definition) is 19. The van der Waals surface area contributed by atoms with Crippen LogP contribution in [0.2, 0.25) is 0 Å². The Kier molecular flexibility index (Phi) is 14.4. The second-order valence-corrected chi connectivity index (χ2v) is 14.6. The predicted molar refractivity (Wildman–Crippen MR) is 167 cm³/mol. The molecule has 0 atom stereocenters. The molecule has 0 fully saturated rings. The Hall–Kier alpha value is -4.92. The average Bonchev–Trinajstić information content (AvgIpc) is 3.02. The van der Waals surface area contributed by atoms with E-state index in [1.807, 2.05) is 0 Å². The van der Waals surface area contributed by atoms with Gasteiger partial charge in [-0.05, 0) is 18.2 Å². The molecule has 3 rings (SSSR count). The molecule has 22 nitrogen and oxygen atoms in total. The van der Waals surface area contributed by atoms with Gasteiger partial charge in [0.15, 0.2) is 34.5 Å². The third-order valence-electron chi connectivity index (χ3n) is 6.93. The second-order valence-electron chi connectivity index (χ2n) is 10.5. The topological polar surface area (TPSA) is 384 Å². The number of amides is 3. The van der Waals surface area contributed by atoms with Crippen LogP contribution in [0.4, 0.5) is 0 Å². The molecule has 289 valence electrons. The van der Waals surface area contributed by atoms with E-state index in [0.717, 1.165) is 0 Å². The molecule has 0 unspecified atom stereocenters. The van der Waals surface area contributed by atoms with Gasteiger partial charge in [-0.25, -0.2) is 25.3 Å². The van der Waals surface area contributed by atoms with Crippen LogP contribution in [0.15, 0.2) is 51.1 Å². The Balaban J connectivity index is 0.00000972. The van der Waals surface area contributed by atoms with Gasteiger partial charge in [0.1, 0.15) is 30.4 Å². The summed E-state index contributed by atoms with van der Waals surface area (Å²) in [6.45, 7) is -1.58. The average molecular weight is 848 g/mol. The molecule has 3 aromatic rings. The summed E-state index contributed by atoms with van der Waals surface area (Å²) in [7, 11) is -15.5. The fraction of sp³-hybridized carbons (Fsp3) is 0.222. The summed E-state index contributed by atoms with van der Waals surface area (Å²) in [5.74, 6) is -9.93. The van der Waals surface area contributed by atoms with E-state index in [-0.39, 0.29) is 56.3 Å². The Morgan fingerprint density at radius 2 is 0.717 bits per heavy atom. The fourth-order valence-electron chi connectivity index (χ4n) is 4.34. The summed E-state index contributed by atoms with van der Waals surface area (Å²) < 4.78 is 102. The second kappa shape index (κ2) is 17.3. The minimum absolute atomic E-state index is 0. The summed E-state index contributed by atoms with van der Waals surface area (Å²) in [5, 5.41) is 66.2. The Morgan fingerprint density at radius 1 is 0.491 bits per heavy atom. The molecule has 0 saturated heterocycles. The zero-order valence-electron chi connectivity index (χ0n) is 26.3. The third-order valence-corrected chi connectivity index (χ3v) is 9.37. The van der Waals surface area contributed by atoms with Gasteiger partial charge in [-0.1, -0.05) is 0 Å². The Labute approximate surface area is 310 Å². The summed E-state index contributed by atoms with van der Waals surface area (Å²) in [6, 6.07) is 2.80. The molecule has 0 heterocycles. The summed E-state index contributed by atoms with van der Waals surface area (Å²) >= 11 is 0. The number of rotatable bonds is 15. The van der Waals surface area contributed by atoms with Gasteiger partial charge in [0.25, 0.3) is 17.7 Å². The molecular weight excluding hydrogens is 820 g/mol. The van der Waals surface area contributed by atoms with Crippen molar-refractivity contribution in [1.82, 2.24) is 20.9 Å². The zero-order chi connectivity index (χ0) is 39.3. The number of nitrogens with one attached hydrogen (secondary N) is 3. The molecule has 0 bridgehead atoms. The maximum atomic E-state index is 12.7. The summed E-state index contributed by atoms with van der Waals surface area (Å²) in [4.78, 5) is 36.4. The molecule has 0 aliphatic heterocycles. The fourth-order valence-corrected chi connectivity index (χ4v) is 5.89. The number of benzene rings is 3.